The first-order valence-corrected chi connectivity index (χ1v) is 6.74. The molecule has 0 bridgehead atoms. The van der Waals surface area contributed by atoms with Gasteiger partial charge in [-0.3, -0.25) is 4.79 Å². The van der Waals surface area contributed by atoms with E-state index < -0.39 is 34.7 Å². The zero-order valence-electron chi connectivity index (χ0n) is 10.5. The van der Waals surface area contributed by atoms with Gasteiger partial charge < -0.3 is 10.0 Å². The van der Waals surface area contributed by atoms with Crippen LogP contribution in [0.5, 0.6) is 5.75 Å². The number of phenolic OH excluding ortho intramolecular Hbond substituents is 1. The molecular weight excluding hydrogens is 295 g/mol. The summed E-state index contributed by atoms with van der Waals surface area (Å²) in [7, 11) is 0. The van der Waals surface area contributed by atoms with Gasteiger partial charge in [0.05, 0.1) is 5.56 Å². The van der Waals surface area contributed by atoms with Crippen LogP contribution in [0.2, 0.25) is 0 Å². The van der Waals surface area contributed by atoms with E-state index >= 15 is 0 Å². The number of amides is 1. The van der Waals surface area contributed by atoms with Gasteiger partial charge in [-0.05, 0) is 25.3 Å². The number of hydrogen-bond donors (Lipinski definition) is 1. The van der Waals surface area contributed by atoms with Crippen LogP contribution in [0.1, 0.15) is 29.6 Å². The molecule has 1 atom stereocenters. The molecule has 0 saturated carbocycles. The maximum atomic E-state index is 13.7. The first-order valence-electron chi connectivity index (χ1n) is 6.20. The molecule has 0 spiro atoms. The summed E-state index contributed by atoms with van der Waals surface area (Å²) in [4.78, 5) is 13.6. The molecule has 1 aromatic carbocycles. The fourth-order valence-electron chi connectivity index (χ4n) is 2.33. The predicted molar refractivity (Wildman–Crippen MR) is 67.4 cm³/mol. The van der Waals surface area contributed by atoms with Crippen molar-refractivity contribution in [1.82, 2.24) is 4.90 Å². The second-order valence-corrected chi connectivity index (χ2v) is 4.99. The van der Waals surface area contributed by atoms with Crippen LogP contribution in [-0.2, 0) is 0 Å². The number of halogens is 4. The molecule has 20 heavy (non-hydrogen) atoms. The molecule has 1 N–H and O–H groups in total. The molecule has 110 valence electrons. The van der Waals surface area contributed by atoms with Gasteiger partial charge >= 0.3 is 0 Å². The highest BCUT2D eigenvalue weighted by Gasteiger charge is 2.31. The van der Waals surface area contributed by atoms with Gasteiger partial charge in [-0.1, -0.05) is 0 Å². The SMILES string of the molecule is O=C(c1cc(F)c(F)c(O)c1F)N1CCCCC1CCl. The van der Waals surface area contributed by atoms with Gasteiger partial charge in [-0.15, -0.1) is 11.6 Å². The molecule has 1 fully saturated rings. The topological polar surface area (TPSA) is 40.5 Å². The summed E-state index contributed by atoms with van der Waals surface area (Å²) in [5.74, 6) is -6.70. The van der Waals surface area contributed by atoms with Crippen LogP contribution in [-0.4, -0.2) is 34.4 Å². The van der Waals surface area contributed by atoms with Gasteiger partial charge in [0.2, 0.25) is 5.82 Å². The summed E-state index contributed by atoms with van der Waals surface area (Å²) in [5, 5.41) is 9.15. The van der Waals surface area contributed by atoms with Crippen molar-refractivity contribution in [2.24, 2.45) is 0 Å². The average Bonchev–Trinajstić information content (AvgIpc) is 2.48. The number of alkyl halides is 1. The minimum Gasteiger partial charge on any atom is -0.503 e. The Hall–Kier alpha value is -1.43. The van der Waals surface area contributed by atoms with Crippen LogP contribution in [0.25, 0.3) is 0 Å². The van der Waals surface area contributed by atoms with E-state index in [9.17, 15) is 18.0 Å². The highest BCUT2D eigenvalue weighted by molar-refractivity contribution is 6.18. The first-order chi connectivity index (χ1) is 9.47. The van der Waals surface area contributed by atoms with Crippen molar-refractivity contribution in [1.29, 1.82) is 0 Å². The van der Waals surface area contributed by atoms with Gasteiger partial charge in [0.1, 0.15) is 0 Å². The van der Waals surface area contributed by atoms with E-state index in [1.165, 1.54) is 4.90 Å². The number of carbonyl (C=O) groups excluding carboxylic acids is 1. The number of piperidine rings is 1. The number of rotatable bonds is 2. The van der Waals surface area contributed by atoms with Gasteiger partial charge in [-0.25, -0.2) is 8.78 Å². The quantitative estimate of drug-likeness (QED) is 0.674. The molecule has 1 unspecified atom stereocenters. The minimum atomic E-state index is -1.70. The molecule has 3 nitrogen and oxygen atoms in total. The van der Waals surface area contributed by atoms with Crippen molar-refractivity contribution < 1.29 is 23.1 Å². The molecule has 0 radical (unpaired) electrons. The smallest absolute Gasteiger partial charge is 0.257 e. The normalized spacial score (nSPS) is 19.2. The molecule has 1 aliphatic rings. The lowest BCUT2D eigenvalue weighted by atomic mass is 10.0. The lowest BCUT2D eigenvalue weighted by Crippen LogP contribution is -2.45. The van der Waals surface area contributed by atoms with Crippen LogP contribution in [0.15, 0.2) is 6.07 Å². The molecule has 1 saturated heterocycles. The highest BCUT2D eigenvalue weighted by Crippen LogP contribution is 2.28. The first kappa shape index (κ1) is 15.0. The second kappa shape index (κ2) is 5.91. The van der Waals surface area contributed by atoms with Crippen molar-refractivity contribution in [3.63, 3.8) is 0 Å². The summed E-state index contributed by atoms with van der Waals surface area (Å²) < 4.78 is 40.0. The Labute approximate surface area is 118 Å². The van der Waals surface area contributed by atoms with Gasteiger partial charge in [0.15, 0.2) is 17.4 Å². The van der Waals surface area contributed by atoms with E-state index in [0.717, 1.165) is 12.8 Å². The molecule has 0 aliphatic carbocycles. The molecule has 2 rings (SSSR count). The van der Waals surface area contributed by atoms with Crippen LogP contribution < -0.4 is 0 Å². The zero-order chi connectivity index (χ0) is 14.9. The Bertz CT molecular complexity index is 539. The van der Waals surface area contributed by atoms with E-state index in [1.807, 2.05) is 0 Å². The summed E-state index contributed by atoms with van der Waals surface area (Å²) in [6.45, 7) is 0.370. The standard InChI is InChI=1S/C13H13ClF3NO2/c14-6-7-3-1-2-4-18(7)13(20)8-5-9(15)11(17)12(19)10(8)16/h5,7,19H,1-4,6H2. The van der Waals surface area contributed by atoms with E-state index in [4.69, 9.17) is 16.7 Å². The van der Waals surface area contributed by atoms with Crippen LogP contribution >= 0.6 is 11.6 Å². The summed E-state index contributed by atoms with van der Waals surface area (Å²) in [5.41, 5.74) is -0.682. The monoisotopic (exact) mass is 307 g/mol. The third-order valence-electron chi connectivity index (χ3n) is 3.43. The number of carbonyl (C=O) groups is 1. The lowest BCUT2D eigenvalue weighted by molar-refractivity contribution is 0.0632. The molecule has 1 heterocycles. The molecule has 7 heteroatoms. The number of aromatic hydroxyl groups is 1. The number of hydrogen-bond acceptors (Lipinski definition) is 2. The maximum Gasteiger partial charge on any atom is 0.257 e. The summed E-state index contributed by atoms with van der Waals surface area (Å²) in [6.07, 6.45) is 2.30. The Morgan fingerprint density at radius 3 is 2.70 bits per heavy atom. The Morgan fingerprint density at radius 2 is 2.05 bits per heavy atom. The van der Waals surface area contributed by atoms with Crippen molar-refractivity contribution in [3.05, 3.63) is 29.1 Å². The second-order valence-electron chi connectivity index (χ2n) is 4.68. The van der Waals surface area contributed by atoms with E-state index in [2.05, 4.69) is 0 Å². The number of nitrogens with zero attached hydrogens (tertiary/aromatic N) is 1. The third-order valence-corrected chi connectivity index (χ3v) is 3.79. The Morgan fingerprint density at radius 1 is 1.35 bits per heavy atom. The minimum absolute atomic E-state index is 0.184. The summed E-state index contributed by atoms with van der Waals surface area (Å²) in [6, 6.07) is 0.194. The number of benzene rings is 1. The van der Waals surface area contributed by atoms with E-state index in [0.29, 0.717) is 19.0 Å². The fourth-order valence-corrected chi connectivity index (χ4v) is 2.65. The van der Waals surface area contributed by atoms with E-state index in [-0.39, 0.29) is 11.9 Å². The molecule has 1 aromatic rings. The Kier molecular flexibility index (Phi) is 4.42. The number of likely N-dealkylation sites (tertiary alicyclic amines) is 1. The molecular formula is C13H13ClF3NO2. The van der Waals surface area contributed by atoms with E-state index in [1.54, 1.807) is 0 Å². The van der Waals surface area contributed by atoms with Gasteiger partial charge in [0, 0.05) is 18.5 Å². The average molecular weight is 308 g/mol. The van der Waals surface area contributed by atoms with Crippen molar-refractivity contribution >= 4 is 17.5 Å². The Balaban J connectivity index is 2.38. The van der Waals surface area contributed by atoms with Crippen LogP contribution in [0, 0.1) is 17.5 Å². The lowest BCUT2D eigenvalue weighted by Gasteiger charge is -2.34. The summed E-state index contributed by atoms with van der Waals surface area (Å²) >= 11 is 5.76. The maximum absolute atomic E-state index is 13.7. The predicted octanol–water partition coefficient (Wildman–Crippen LogP) is 3.04. The third kappa shape index (κ3) is 2.57. The van der Waals surface area contributed by atoms with Gasteiger partial charge in [-0.2, -0.15) is 4.39 Å². The fraction of sp³-hybridized carbons (Fsp3) is 0.462. The van der Waals surface area contributed by atoms with Crippen LogP contribution in [0.4, 0.5) is 13.2 Å². The largest absolute Gasteiger partial charge is 0.503 e. The van der Waals surface area contributed by atoms with Crippen molar-refractivity contribution in [3.8, 4) is 5.75 Å². The molecule has 1 aliphatic heterocycles. The van der Waals surface area contributed by atoms with Crippen molar-refractivity contribution in [2.75, 3.05) is 12.4 Å². The molecule has 0 aromatic heterocycles. The van der Waals surface area contributed by atoms with Crippen molar-refractivity contribution in [2.45, 2.75) is 25.3 Å². The number of phenols is 1. The highest BCUT2D eigenvalue weighted by atomic mass is 35.5. The van der Waals surface area contributed by atoms with Crippen LogP contribution in [0.3, 0.4) is 0 Å². The zero-order valence-corrected chi connectivity index (χ0v) is 11.3. The van der Waals surface area contributed by atoms with Gasteiger partial charge in [0.25, 0.3) is 5.91 Å². The molecule has 1 amide bonds.